The highest BCUT2D eigenvalue weighted by Crippen LogP contribution is 2.33. The third-order valence-electron chi connectivity index (χ3n) is 4.83. The van der Waals surface area contributed by atoms with E-state index in [0.717, 1.165) is 22.2 Å². The van der Waals surface area contributed by atoms with Gasteiger partial charge in [-0.2, -0.15) is 0 Å². The SMILES string of the molecule is C=CC(C)(C)c1[nH]c2ccccc2c1C[C@@H]1NC(=O)[C@H](CO)NC1=O. The first-order valence-electron chi connectivity index (χ1n) is 8.32. The van der Waals surface area contributed by atoms with Crippen LogP contribution in [0.4, 0.5) is 0 Å². The molecule has 2 amide bonds. The molecular weight excluding hydrogens is 318 g/mol. The summed E-state index contributed by atoms with van der Waals surface area (Å²) in [4.78, 5) is 27.8. The van der Waals surface area contributed by atoms with Crippen molar-refractivity contribution in [2.24, 2.45) is 0 Å². The van der Waals surface area contributed by atoms with Crippen LogP contribution in [0.5, 0.6) is 0 Å². The molecule has 132 valence electrons. The number of rotatable bonds is 5. The number of hydrogen-bond donors (Lipinski definition) is 4. The number of para-hydroxylation sites is 1. The van der Waals surface area contributed by atoms with Gasteiger partial charge >= 0.3 is 0 Å². The molecule has 1 aromatic heterocycles. The molecule has 1 aliphatic heterocycles. The van der Waals surface area contributed by atoms with Crippen molar-refractivity contribution >= 4 is 22.7 Å². The van der Waals surface area contributed by atoms with Crippen LogP contribution in [-0.4, -0.2) is 40.6 Å². The van der Waals surface area contributed by atoms with Crippen molar-refractivity contribution < 1.29 is 14.7 Å². The minimum absolute atomic E-state index is 0.286. The summed E-state index contributed by atoms with van der Waals surface area (Å²) in [5.74, 6) is -0.650. The number of H-pyrrole nitrogens is 1. The molecule has 4 N–H and O–H groups in total. The van der Waals surface area contributed by atoms with E-state index >= 15 is 0 Å². The highest BCUT2D eigenvalue weighted by atomic mass is 16.3. The molecule has 0 unspecified atom stereocenters. The van der Waals surface area contributed by atoms with Gasteiger partial charge in [0.1, 0.15) is 12.1 Å². The number of amides is 2. The minimum atomic E-state index is -0.879. The summed E-state index contributed by atoms with van der Waals surface area (Å²) in [6, 6.07) is 6.34. The molecule has 1 aromatic carbocycles. The van der Waals surface area contributed by atoms with Gasteiger partial charge in [-0.25, -0.2) is 0 Å². The number of nitrogens with one attached hydrogen (secondary N) is 3. The zero-order valence-corrected chi connectivity index (χ0v) is 14.4. The van der Waals surface area contributed by atoms with Gasteiger partial charge in [-0.15, -0.1) is 6.58 Å². The molecule has 1 aliphatic rings. The summed E-state index contributed by atoms with van der Waals surface area (Å²) < 4.78 is 0. The second-order valence-corrected chi connectivity index (χ2v) is 6.96. The molecule has 2 atom stereocenters. The van der Waals surface area contributed by atoms with Gasteiger partial charge in [0.25, 0.3) is 0 Å². The van der Waals surface area contributed by atoms with Gasteiger partial charge in [0.05, 0.1) is 6.61 Å². The first kappa shape index (κ1) is 17.2. The number of aromatic amines is 1. The van der Waals surface area contributed by atoms with Gasteiger partial charge in [-0.05, 0) is 11.6 Å². The Morgan fingerprint density at radius 1 is 1.16 bits per heavy atom. The van der Waals surface area contributed by atoms with E-state index in [1.165, 1.54) is 0 Å². The average Bonchev–Trinajstić information content (AvgIpc) is 2.97. The van der Waals surface area contributed by atoms with Crippen molar-refractivity contribution in [1.29, 1.82) is 0 Å². The Hall–Kier alpha value is -2.60. The number of hydrogen-bond acceptors (Lipinski definition) is 3. The van der Waals surface area contributed by atoms with Crippen LogP contribution < -0.4 is 10.6 Å². The third kappa shape index (κ3) is 3.05. The summed E-state index contributed by atoms with van der Waals surface area (Å²) in [5, 5.41) is 15.5. The van der Waals surface area contributed by atoms with Crippen LogP contribution in [-0.2, 0) is 21.4 Å². The van der Waals surface area contributed by atoms with Crippen LogP contribution >= 0.6 is 0 Å². The van der Waals surface area contributed by atoms with Crippen LogP contribution in [0.25, 0.3) is 10.9 Å². The van der Waals surface area contributed by atoms with Gasteiger partial charge < -0.3 is 20.7 Å². The lowest BCUT2D eigenvalue weighted by Crippen LogP contribution is -2.63. The second-order valence-electron chi connectivity index (χ2n) is 6.96. The largest absolute Gasteiger partial charge is 0.394 e. The summed E-state index contributed by atoms with van der Waals surface area (Å²) in [6.07, 6.45) is 2.23. The molecule has 0 aliphatic carbocycles. The summed E-state index contributed by atoms with van der Waals surface area (Å²) in [5.41, 5.74) is 2.65. The maximum absolute atomic E-state index is 12.3. The Morgan fingerprint density at radius 2 is 1.80 bits per heavy atom. The topological polar surface area (TPSA) is 94.2 Å². The second kappa shape index (κ2) is 6.37. The van der Waals surface area contributed by atoms with Crippen molar-refractivity contribution in [3.63, 3.8) is 0 Å². The van der Waals surface area contributed by atoms with Crippen LogP contribution in [0.2, 0.25) is 0 Å². The van der Waals surface area contributed by atoms with E-state index in [1.54, 1.807) is 0 Å². The van der Waals surface area contributed by atoms with Gasteiger partial charge in [-0.3, -0.25) is 9.59 Å². The van der Waals surface area contributed by atoms with Crippen molar-refractivity contribution in [3.05, 3.63) is 48.2 Å². The Morgan fingerprint density at radius 3 is 2.48 bits per heavy atom. The number of aliphatic hydroxyl groups excluding tert-OH is 1. The Balaban J connectivity index is 2.01. The van der Waals surface area contributed by atoms with Gasteiger partial charge in [0.15, 0.2) is 0 Å². The van der Waals surface area contributed by atoms with Crippen molar-refractivity contribution in [1.82, 2.24) is 15.6 Å². The molecule has 6 heteroatoms. The lowest BCUT2D eigenvalue weighted by Gasteiger charge is -2.29. The minimum Gasteiger partial charge on any atom is -0.394 e. The average molecular weight is 341 g/mol. The van der Waals surface area contributed by atoms with Crippen molar-refractivity contribution in [2.45, 2.75) is 37.8 Å². The molecule has 0 radical (unpaired) electrons. The van der Waals surface area contributed by atoms with Crippen LogP contribution in [0.3, 0.4) is 0 Å². The standard InChI is InChI=1S/C19H23N3O3/c1-4-19(2,3)16-12(11-7-5-6-8-13(11)20-16)9-14-17(24)22-15(10-23)18(25)21-14/h4-8,14-15,20,23H,1,9-10H2,2-3H3,(H,21,25)(H,22,24)/t14-,15-/m0/s1. The fraction of sp³-hybridized carbons (Fsp3) is 0.368. The molecular formula is C19H23N3O3. The maximum atomic E-state index is 12.3. The van der Waals surface area contributed by atoms with Gasteiger partial charge in [0.2, 0.25) is 11.8 Å². The summed E-state index contributed by atoms with van der Waals surface area (Å²) in [6.45, 7) is 7.61. The predicted octanol–water partition coefficient (Wildman–Crippen LogP) is 1.15. The van der Waals surface area contributed by atoms with Crippen molar-refractivity contribution in [2.75, 3.05) is 6.61 Å². The van der Waals surface area contributed by atoms with E-state index in [0.29, 0.717) is 6.42 Å². The van der Waals surface area contributed by atoms with Gasteiger partial charge in [-0.1, -0.05) is 38.1 Å². The number of aliphatic hydroxyl groups is 1. The number of allylic oxidation sites excluding steroid dienone is 1. The van der Waals surface area contributed by atoms with Crippen molar-refractivity contribution in [3.8, 4) is 0 Å². The van der Waals surface area contributed by atoms with E-state index in [2.05, 4.69) is 36.0 Å². The predicted molar refractivity (Wildman–Crippen MR) is 96.2 cm³/mol. The Labute approximate surface area is 146 Å². The van der Waals surface area contributed by atoms with Crippen LogP contribution in [0.1, 0.15) is 25.1 Å². The fourth-order valence-corrected chi connectivity index (χ4v) is 3.22. The first-order chi connectivity index (χ1) is 11.9. The number of aromatic nitrogens is 1. The number of carbonyl (C=O) groups excluding carboxylic acids is 2. The molecule has 0 bridgehead atoms. The van der Waals surface area contributed by atoms with E-state index < -0.39 is 18.7 Å². The molecule has 0 saturated carbocycles. The van der Waals surface area contributed by atoms with E-state index in [1.807, 2.05) is 30.3 Å². The fourth-order valence-electron chi connectivity index (χ4n) is 3.22. The zero-order valence-electron chi connectivity index (χ0n) is 14.4. The Bertz CT molecular complexity index is 838. The molecule has 6 nitrogen and oxygen atoms in total. The Kier molecular flexibility index (Phi) is 4.39. The molecule has 25 heavy (non-hydrogen) atoms. The molecule has 2 aromatic rings. The molecule has 2 heterocycles. The number of fused-ring (bicyclic) bond motifs is 1. The molecule has 1 saturated heterocycles. The van der Waals surface area contributed by atoms with E-state index in [-0.39, 0.29) is 17.2 Å². The lowest BCUT2D eigenvalue weighted by atomic mass is 9.84. The quantitative estimate of drug-likeness (QED) is 0.615. The molecule has 0 spiro atoms. The monoisotopic (exact) mass is 341 g/mol. The van der Waals surface area contributed by atoms with Crippen LogP contribution in [0.15, 0.2) is 36.9 Å². The smallest absolute Gasteiger partial charge is 0.245 e. The van der Waals surface area contributed by atoms with Gasteiger partial charge in [0, 0.05) is 28.4 Å². The number of benzene rings is 1. The maximum Gasteiger partial charge on any atom is 0.245 e. The highest BCUT2D eigenvalue weighted by molar-refractivity contribution is 5.97. The zero-order chi connectivity index (χ0) is 18.2. The third-order valence-corrected chi connectivity index (χ3v) is 4.83. The molecule has 1 fully saturated rings. The van der Waals surface area contributed by atoms with E-state index in [4.69, 9.17) is 5.11 Å². The molecule has 3 rings (SSSR count). The first-order valence-corrected chi connectivity index (χ1v) is 8.32. The van der Waals surface area contributed by atoms with Crippen LogP contribution in [0, 0.1) is 0 Å². The lowest BCUT2D eigenvalue weighted by molar-refractivity contribution is -0.137. The number of carbonyl (C=O) groups is 2. The summed E-state index contributed by atoms with van der Waals surface area (Å²) in [7, 11) is 0. The highest BCUT2D eigenvalue weighted by Gasteiger charge is 2.35. The number of piperazine rings is 1. The summed E-state index contributed by atoms with van der Waals surface area (Å²) >= 11 is 0. The normalized spacial score (nSPS) is 21.1. The van der Waals surface area contributed by atoms with E-state index in [9.17, 15) is 9.59 Å².